The van der Waals surface area contributed by atoms with Crippen molar-refractivity contribution in [1.82, 2.24) is 5.32 Å². The molecule has 0 aromatic heterocycles. The van der Waals surface area contributed by atoms with Gasteiger partial charge in [0, 0.05) is 6.42 Å². The Morgan fingerprint density at radius 2 is 0.646 bits per heavy atom. The number of aliphatic hydroxyl groups is 8. The second-order valence-corrected chi connectivity index (χ2v) is 30.7. The monoisotopic (exact) mass is 1410 g/mol. The Hall–Kier alpha value is -1.53. The molecule has 2 heterocycles. The number of ether oxygens (including phenoxy) is 4. The highest BCUT2D eigenvalue weighted by Gasteiger charge is 2.51. The summed E-state index contributed by atoms with van der Waals surface area (Å²) >= 11 is 0. The topological polar surface area (TPSA) is 228 Å². The maximum absolute atomic E-state index is 13.4. The maximum Gasteiger partial charge on any atom is 0.220 e. The molecule has 12 atom stereocenters. The van der Waals surface area contributed by atoms with E-state index in [1.165, 1.54) is 353 Å². The fourth-order valence-electron chi connectivity index (χ4n) is 14.6. The van der Waals surface area contributed by atoms with E-state index >= 15 is 0 Å². The first-order chi connectivity index (χ1) is 48.6. The van der Waals surface area contributed by atoms with E-state index in [0.717, 1.165) is 32.1 Å². The molecule has 0 radical (unpaired) electrons. The minimum atomic E-state index is -1.79. The maximum atomic E-state index is 13.4. The second-order valence-electron chi connectivity index (χ2n) is 30.7. The van der Waals surface area contributed by atoms with Gasteiger partial charge in [-0.1, -0.05) is 404 Å². The van der Waals surface area contributed by atoms with Crippen molar-refractivity contribution in [2.45, 2.75) is 492 Å². The first kappa shape index (κ1) is 93.6. The third kappa shape index (κ3) is 52.2. The Morgan fingerprint density at radius 3 is 0.990 bits per heavy atom. The van der Waals surface area contributed by atoms with Crippen LogP contribution >= 0.6 is 0 Å². The van der Waals surface area contributed by atoms with Crippen molar-refractivity contribution in [1.29, 1.82) is 0 Å². The molecular weight excluding hydrogens is 1240 g/mol. The zero-order chi connectivity index (χ0) is 71.5. The molecule has 0 aromatic rings. The smallest absolute Gasteiger partial charge is 0.220 e. The van der Waals surface area contributed by atoms with E-state index in [4.69, 9.17) is 18.9 Å². The summed E-state index contributed by atoms with van der Waals surface area (Å²) < 4.78 is 22.9. The average molecular weight is 1410 g/mol. The third-order valence-electron chi connectivity index (χ3n) is 21.4. The summed E-state index contributed by atoms with van der Waals surface area (Å²) in [5.74, 6) is -0.239. The predicted molar refractivity (Wildman–Crippen MR) is 411 cm³/mol. The number of carbonyl (C=O) groups excluding carboxylic acids is 1. The SMILES string of the molecule is CCCCCCCCCCCCCCCCCCCCCCCCCCC/C=C/CC/C=C/C(O)C(COC1OC(CO)C(OC2OC(CO)C(O)C(O)C2O)C(O)C1O)NC(=O)CCCCCCCCCCCCCCCCCCCCCCCCCCCCCCCCCCCC. The molecular formula is C85H163NO13. The lowest BCUT2D eigenvalue weighted by Crippen LogP contribution is -2.65. The lowest BCUT2D eigenvalue weighted by atomic mass is 9.97. The quantitative estimate of drug-likeness (QED) is 0.0204. The normalized spacial score (nSPS) is 22.0. The predicted octanol–water partition coefficient (Wildman–Crippen LogP) is 20.2. The van der Waals surface area contributed by atoms with Gasteiger partial charge >= 0.3 is 0 Å². The number of allylic oxidation sites excluding steroid dienone is 3. The molecule has 2 fully saturated rings. The zero-order valence-electron chi connectivity index (χ0n) is 64.5. The van der Waals surface area contributed by atoms with Crippen molar-refractivity contribution in [2.75, 3.05) is 19.8 Å². The van der Waals surface area contributed by atoms with Crippen LogP contribution in [0.4, 0.5) is 0 Å². The Balaban J connectivity index is 1.59. The highest BCUT2D eigenvalue weighted by Crippen LogP contribution is 2.31. The van der Waals surface area contributed by atoms with Crippen molar-refractivity contribution in [3.05, 3.63) is 24.3 Å². The zero-order valence-corrected chi connectivity index (χ0v) is 64.5. The van der Waals surface area contributed by atoms with Crippen LogP contribution in [0, 0.1) is 0 Å². The summed E-state index contributed by atoms with van der Waals surface area (Å²) in [6, 6.07) is -0.931. The van der Waals surface area contributed by atoms with Gasteiger partial charge in [-0.05, 0) is 32.1 Å². The van der Waals surface area contributed by atoms with Crippen LogP contribution in [0.2, 0.25) is 0 Å². The van der Waals surface area contributed by atoms with E-state index in [1.54, 1.807) is 6.08 Å². The highest BCUT2D eigenvalue weighted by molar-refractivity contribution is 5.76. The van der Waals surface area contributed by atoms with Gasteiger partial charge in [-0.2, -0.15) is 0 Å². The van der Waals surface area contributed by atoms with Crippen LogP contribution in [0.25, 0.3) is 0 Å². The van der Waals surface area contributed by atoms with Gasteiger partial charge < -0.3 is 65.1 Å². The molecule has 14 nitrogen and oxygen atoms in total. The van der Waals surface area contributed by atoms with Crippen molar-refractivity contribution >= 4 is 5.91 Å². The van der Waals surface area contributed by atoms with Crippen molar-refractivity contribution < 1.29 is 64.6 Å². The van der Waals surface area contributed by atoms with Crippen LogP contribution in [0.5, 0.6) is 0 Å². The number of aliphatic hydroxyl groups excluding tert-OH is 8. The lowest BCUT2D eigenvalue weighted by molar-refractivity contribution is -0.359. The summed E-state index contributed by atoms with van der Waals surface area (Å²) in [5.41, 5.74) is 0. The molecule has 586 valence electrons. The molecule has 2 aliphatic heterocycles. The summed E-state index contributed by atoms with van der Waals surface area (Å²) in [4.78, 5) is 13.4. The summed E-state index contributed by atoms with van der Waals surface area (Å²) in [5, 5.41) is 87.8. The van der Waals surface area contributed by atoms with Crippen LogP contribution in [0.3, 0.4) is 0 Å². The number of rotatable bonds is 74. The average Bonchev–Trinajstić information content (AvgIpc) is 0.799. The van der Waals surface area contributed by atoms with Gasteiger partial charge in [0.1, 0.15) is 48.8 Å². The number of amides is 1. The molecule has 0 saturated carbocycles. The molecule has 0 aromatic carbocycles. The minimum absolute atomic E-state index is 0.239. The van der Waals surface area contributed by atoms with Crippen molar-refractivity contribution in [3.8, 4) is 0 Å². The van der Waals surface area contributed by atoms with Gasteiger partial charge in [0.15, 0.2) is 12.6 Å². The highest BCUT2D eigenvalue weighted by atomic mass is 16.7. The van der Waals surface area contributed by atoms with E-state index in [1.807, 2.05) is 6.08 Å². The largest absolute Gasteiger partial charge is 0.394 e. The first-order valence-corrected chi connectivity index (χ1v) is 43.1. The van der Waals surface area contributed by atoms with Gasteiger partial charge in [-0.3, -0.25) is 4.79 Å². The fraction of sp³-hybridized carbons (Fsp3) is 0.941. The minimum Gasteiger partial charge on any atom is -0.394 e. The Labute approximate surface area is 609 Å². The van der Waals surface area contributed by atoms with Crippen molar-refractivity contribution in [3.63, 3.8) is 0 Å². The molecule has 12 unspecified atom stereocenters. The van der Waals surface area contributed by atoms with Gasteiger partial charge in [-0.25, -0.2) is 0 Å². The molecule has 1 amide bonds. The molecule has 0 bridgehead atoms. The molecule has 2 rings (SSSR count). The van der Waals surface area contributed by atoms with Crippen LogP contribution in [0.15, 0.2) is 24.3 Å². The van der Waals surface area contributed by atoms with E-state index in [0.29, 0.717) is 12.8 Å². The third-order valence-corrected chi connectivity index (χ3v) is 21.4. The molecule has 2 saturated heterocycles. The number of hydrogen-bond donors (Lipinski definition) is 9. The van der Waals surface area contributed by atoms with E-state index in [9.17, 15) is 45.6 Å². The van der Waals surface area contributed by atoms with Crippen LogP contribution in [0.1, 0.15) is 418 Å². The van der Waals surface area contributed by atoms with Gasteiger partial charge in [0.05, 0.1) is 32.0 Å². The molecule has 99 heavy (non-hydrogen) atoms. The molecule has 0 spiro atoms. The van der Waals surface area contributed by atoms with Crippen LogP contribution < -0.4 is 5.32 Å². The summed E-state index contributed by atoms with van der Waals surface area (Å²) in [6.07, 6.45) is 74.4. The Bertz CT molecular complexity index is 1760. The molecule has 0 aliphatic carbocycles. The van der Waals surface area contributed by atoms with Crippen LogP contribution in [-0.4, -0.2) is 140 Å². The standard InChI is InChI=1S/C85H163NO13/c1-3-5-7-9-11-13-15-17-19-21-23-25-27-29-31-33-35-36-37-39-41-43-45-47-49-51-53-55-57-59-61-63-65-67-69-77(90)86-73(72-96-84-82(95)80(93)83(76(71-88)98-84)99-85-81(94)79(92)78(91)75(70-87)97-85)74(89)68-66-64-62-60-58-56-54-52-50-48-46-44-42-40-38-34-32-30-28-26-24-22-20-18-16-14-12-10-8-6-4-2/h58,60,66,68,73-76,78-85,87-89,91-95H,3-57,59,61-65,67,69-72H2,1-2H3,(H,86,90)/b60-58+,68-66+. The van der Waals surface area contributed by atoms with E-state index in [2.05, 4.69) is 31.3 Å². The van der Waals surface area contributed by atoms with E-state index in [-0.39, 0.29) is 18.9 Å². The first-order valence-electron chi connectivity index (χ1n) is 43.1. The molecule has 14 heteroatoms. The van der Waals surface area contributed by atoms with Crippen molar-refractivity contribution in [2.24, 2.45) is 0 Å². The van der Waals surface area contributed by atoms with E-state index < -0.39 is 86.8 Å². The second kappa shape index (κ2) is 69.5. The Kier molecular flexibility index (Phi) is 65.7. The lowest BCUT2D eigenvalue weighted by Gasteiger charge is -2.46. The number of carbonyl (C=O) groups is 1. The summed E-state index contributed by atoms with van der Waals surface area (Å²) in [6.45, 7) is 2.87. The molecule has 9 N–H and O–H groups in total. The molecule has 2 aliphatic rings. The number of hydrogen-bond acceptors (Lipinski definition) is 13. The summed E-state index contributed by atoms with van der Waals surface area (Å²) in [7, 11) is 0. The fourth-order valence-corrected chi connectivity index (χ4v) is 14.6. The van der Waals surface area contributed by atoms with Crippen LogP contribution in [-0.2, 0) is 23.7 Å². The van der Waals surface area contributed by atoms with Gasteiger partial charge in [0.2, 0.25) is 5.91 Å². The Morgan fingerprint density at radius 1 is 0.354 bits per heavy atom. The number of nitrogens with one attached hydrogen (secondary N) is 1. The van der Waals surface area contributed by atoms with Gasteiger partial charge in [0.25, 0.3) is 0 Å². The van der Waals surface area contributed by atoms with Gasteiger partial charge in [-0.15, -0.1) is 0 Å². The number of unbranched alkanes of at least 4 members (excludes halogenated alkanes) is 59.